The number of ether oxygens (including phenoxy) is 4. The molecule has 4 aromatic rings. The number of benzene rings is 3. The van der Waals surface area contributed by atoms with Gasteiger partial charge in [0.05, 0.1) is 27.5 Å². The molecular weight excluding hydrogens is 420 g/mol. The van der Waals surface area contributed by atoms with Gasteiger partial charge in [0.15, 0.2) is 11.5 Å². The molecule has 0 aliphatic heterocycles. The molecule has 1 N–H and O–H groups in total. The van der Waals surface area contributed by atoms with Crippen LogP contribution in [-0.2, 0) is 6.61 Å². The van der Waals surface area contributed by atoms with Gasteiger partial charge in [-0.25, -0.2) is 0 Å². The average molecular weight is 444 g/mol. The van der Waals surface area contributed by atoms with E-state index in [0.29, 0.717) is 40.9 Å². The number of nitrogens with one attached hydrogen (secondary N) is 1. The summed E-state index contributed by atoms with van der Waals surface area (Å²) in [4.78, 5) is 17.1. The molecule has 33 heavy (non-hydrogen) atoms. The third-order valence-electron chi connectivity index (χ3n) is 5.14. The van der Waals surface area contributed by atoms with Gasteiger partial charge >= 0.3 is 0 Å². The van der Waals surface area contributed by atoms with E-state index in [1.165, 1.54) is 21.3 Å². The lowest BCUT2D eigenvalue weighted by Crippen LogP contribution is -2.13. The smallest absolute Gasteiger partial charge is 0.255 e. The number of hydrogen-bond acceptors (Lipinski definition) is 6. The van der Waals surface area contributed by atoms with E-state index < -0.39 is 0 Å². The zero-order valence-electron chi connectivity index (χ0n) is 18.6. The number of hydrogen-bond donors (Lipinski definition) is 1. The maximum absolute atomic E-state index is 12.9. The van der Waals surface area contributed by atoms with Crippen molar-refractivity contribution < 1.29 is 23.7 Å². The molecule has 0 saturated heterocycles. The minimum atomic E-state index is -0.266. The van der Waals surface area contributed by atoms with E-state index in [0.717, 1.165) is 16.3 Å². The predicted molar refractivity (Wildman–Crippen MR) is 127 cm³/mol. The number of rotatable bonds is 8. The van der Waals surface area contributed by atoms with E-state index in [1.807, 2.05) is 36.4 Å². The molecule has 1 heterocycles. The van der Waals surface area contributed by atoms with Crippen molar-refractivity contribution >= 4 is 22.4 Å². The third kappa shape index (κ3) is 4.82. The highest BCUT2D eigenvalue weighted by atomic mass is 16.5. The second-order valence-corrected chi connectivity index (χ2v) is 7.22. The van der Waals surface area contributed by atoms with Crippen molar-refractivity contribution in [1.29, 1.82) is 0 Å². The van der Waals surface area contributed by atoms with Crippen LogP contribution in [-0.4, -0.2) is 32.2 Å². The van der Waals surface area contributed by atoms with Crippen LogP contribution in [0.4, 0.5) is 5.69 Å². The second-order valence-electron chi connectivity index (χ2n) is 7.22. The number of amides is 1. The van der Waals surface area contributed by atoms with Gasteiger partial charge in [-0.15, -0.1) is 0 Å². The van der Waals surface area contributed by atoms with Gasteiger partial charge in [-0.1, -0.05) is 36.4 Å². The summed E-state index contributed by atoms with van der Waals surface area (Å²) in [5.74, 6) is 1.80. The molecule has 0 aliphatic rings. The summed E-state index contributed by atoms with van der Waals surface area (Å²) in [6, 6.07) is 18.5. The molecular formula is C26H24N2O5. The lowest BCUT2D eigenvalue weighted by Gasteiger charge is -2.15. The first kappa shape index (κ1) is 22.0. The Morgan fingerprint density at radius 3 is 2.33 bits per heavy atom. The Hall–Kier alpha value is -4.26. The van der Waals surface area contributed by atoms with Crippen LogP contribution in [0.3, 0.4) is 0 Å². The van der Waals surface area contributed by atoms with Crippen molar-refractivity contribution in [3.8, 4) is 23.0 Å². The van der Waals surface area contributed by atoms with Crippen molar-refractivity contribution in [2.75, 3.05) is 26.6 Å². The third-order valence-corrected chi connectivity index (χ3v) is 5.14. The molecule has 0 fully saturated rings. The molecule has 7 nitrogen and oxygen atoms in total. The average Bonchev–Trinajstić information content (AvgIpc) is 2.86. The number of fused-ring (bicyclic) bond motifs is 1. The summed E-state index contributed by atoms with van der Waals surface area (Å²) in [6.07, 6.45) is 3.50. The Kier molecular flexibility index (Phi) is 6.59. The van der Waals surface area contributed by atoms with E-state index in [2.05, 4.69) is 10.3 Å². The molecule has 0 aliphatic carbocycles. The maximum atomic E-state index is 12.9. The molecule has 3 aromatic carbocycles. The number of methoxy groups -OCH3 is 3. The van der Waals surface area contributed by atoms with Crippen LogP contribution in [0.1, 0.15) is 15.9 Å². The fraction of sp³-hybridized carbons (Fsp3) is 0.154. The number of carbonyl (C=O) groups is 1. The fourth-order valence-corrected chi connectivity index (χ4v) is 3.52. The molecule has 7 heteroatoms. The van der Waals surface area contributed by atoms with Crippen molar-refractivity contribution in [3.63, 3.8) is 0 Å². The van der Waals surface area contributed by atoms with Crippen LogP contribution in [0.15, 0.2) is 73.1 Å². The van der Waals surface area contributed by atoms with Gasteiger partial charge in [-0.3, -0.25) is 9.78 Å². The Morgan fingerprint density at radius 1 is 0.848 bits per heavy atom. The van der Waals surface area contributed by atoms with E-state index in [9.17, 15) is 4.79 Å². The van der Waals surface area contributed by atoms with Gasteiger partial charge < -0.3 is 24.3 Å². The van der Waals surface area contributed by atoms with Crippen LogP contribution >= 0.6 is 0 Å². The summed E-state index contributed by atoms with van der Waals surface area (Å²) in [5.41, 5.74) is 1.89. The summed E-state index contributed by atoms with van der Waals surface area (Å²) in [5, 5.41) is 4.88. The Balaban J connectivity index is 1.50. The normalized spacial score (nSPS) is 10.5. The van der Waals surface area contributed by atoms with E-state index in [4.69, 9.17) is 18.9 Å². The summed E-state index contributed by atoms with van der Waals surface area (Å²) >= 11 is 0. The van der Waals surface area contributed by atoms with Crippen molar-refractivity contribution in [2.24, 2.45) is 0 Å². The van der Waals surface area contributed by atoms with E-state index >= 15 is 0 Å². The number of carbonyl (C=O) groups excluding carboxylic acids is 1. The number of anilines is 1. The quantitative estimate of drug-likeness (QED) is 0.408. The van der Waals surface area contributed by atoms with Crippen LogP contribution in [0.2, 0.25) is 0 Å². The van der Waals surface area contributed by atoms with Crippen LogP contribution in [0.5, 0.6) is 23.0 Å². The lowest BCUT2D eigenvalue weighted by atomic mass is 10.1. The van der Waals surface area contributed by atoms with Gasteiger partial charge in [0.2, 0.25) is 5.75 Å². The minimum absolute atomic E-state index is 0.266. The highest BCUT2D eigenvalue weighted by molar-refractivity contribution is 6.04. The first-order valence-corrected chi connectivity index (χ1v) is 10.3. The Bertz CT molecular complexity index is 1260. The van der Waals surface area contributed by atoms with Crippen molar-refractivity contribution in [2.45, 2.75) is 6.61 Å². The number of aromatic nitrogens is 1. The second kappa shape index (κ2) is 9.91. The molecule has 0 atom stereocenters. The van der Waals surface area contributed by atoms with Crippen molar-refractivity contribution in [3.05, 3.63) is 84.2 Å². The molecule has 1 aromatic heterocycles. The number of pyridine rings is 1. The molecule has 0 unspecified atom stereocenters. The zero-order chi connectivity index (χ0) is 23.2. The Labute approximate surface area is 191 Å². The lowest BCUT2D eigenvalue weighted by molar-refractivity contribution is 0.102. The molecule has 0 saturated carbocycles. The molecule has 0 radical (unpaired) electrons. The number of nitrogens with zero attached hydrogens (tertiary/aromatic N) is 1. The SMILES string of the molecule is COc1cc(NC(=O)c2cccc(COc3cncc4ccccc34)c2)cc(OC)c1OC. The monoisotopic (exact) mass is 444 g/mol. The maximum Gasteiger partial charge on any atom is 0.255 e. The molecule has 168 valence electrons. The van der Waals surface area contributed by atoms with Gasteiger partial charge in [0.25, 0.3) is 5.91 Å². The molecule has 0 spiro atoms. The summed E-state index contributed by atoms with van der Waals surface area (Å²) < 4.78 is 22.0. The fourth-order valence-electron chi connectivity index (χ4n) is 3.52. The summed E-state index contributed by atoms with van der Waals surface area (Å²) in [6.45, 7) is 0.307. The van der Waals surface area contributed by atoms with Gasteiger partial charge in [0, 0.05) is 40.4 Å². The van der Waals surface area contributed by atoms with Crippen LogP contribution in [0.25, 0.3) is 10.8 Å². The first-order valence-electron chi connectivity index (χ1n) is 10.3. The van der Waals surface area contributed by atoms with Gasteiger partial charge in [0.1, 0.15) is 12.4 Å². The largest absolute Gasteiger partial charge is 0.493 e. The molecule has 4 rings (SSSR count). The predicted octanol–water partition coefficient (Wildman–Crippen LogP) is 5.09. The highest BCUT2D eigenvalue weighted by Gasteiger charge is 2.15. The summed E-state index contributed by atoms with van der Waals surface area (Å²) in [7, 11) is 4.58. The zero-order valence-corrected chi connectivity index (χ0v) is 18.6. The highest BCUT2D eigenvalue weighted by Crippen LogP contribution is 2.40. The molecule has 1 amide bonds. The molecule has 0 bridgehead atoms. The minimum Gasteiger partial charge on any atom is -0.493 e. The topological polar surface area (TPSA) is 78.9 Å². The first-order chi connectivity index (χ1) is 16.1. The van der Waals surface area contributed by atoms with Crippen LogP contribution in [0, 0.1) is 0 Å². The standard InChI is InChI=1S/C26H24N2O5/c1-30-22-12-20(13-23(31-2)25(22)32-3)28-26(29)18-9-6-7-17(11-18)16-33-24-15-27-14-19-8-4-5-10-21(19)24/h4-15H,16H2,1-3H3,(H,28,29). The van der Waals surface area contributed by atoms with Crippen molar-refractivity contribution in [1.82, 2.24) is 4.98 Å². The van der Waals surface area contributed by atoms with E-state index in [-0.39, 0.29) is 5.91 Å². The van der Waals surface area contributed by atoms with E-state index in [1.54, 1.807) is 36.7 Å². The van der Waals surface area contributed by atoms with Crippen LogP contribution < -0.4 is 24.3 Å². The van der Waals surface area contributed by atoms with Gasteiger partial charge in [-0.2, -0.15) is 0 Å². The Morgan fingerprint density at radius 2 is 1.61 bits per heavy atom. The van der Waals surface area contributed by atoms with Gasteiger partial charge in [-0.05, 0) is 17.7 Å².